The summed E-state index contributed by atoms with van der Waals surface area (Å²) in [6.45, 7) is 0.751. The van der Waals surface area contributed by atoms with Crippen molar-refractivity contribution >= 4 is 17.3 Å². The fourth-order valence-electron chi connectivity index (χ4n) is 0.682. The molecule has 4 heteroatoms. The monoisotopic (exact) mass is 186 g/mol. The number of methoxy groups -OCH3 is 1. The predicted octanol–water partition coefficient (Wildman–Crippen LogP) is 1.55. The van der Waals surface area contributed by atoms with Crippen molar-refractivity contribution in [3.63, 3.8) is 0 Å². The van der Waals surface area contributed by atoms with Gasteiger partial charge in [0.05, 0.1) is 12.2 Å². The number of thiophene rings is 1. The predicted molar refractivity (Wildman–Crippen MR) is 46.5 cm³/mol. The van der Waals surface area contributed by atoms with Crippen LogP contribution in [0, 0.1) is 0 Å². The highest BCUT2D eigenvalue weighted by Crippen LogP contribution is 2.06. The Balaban J connectivity index is 2.30. The molecule has 0 radical (unpaired) electrons. The van der Waals surface area contributed by atoms with Gasteiger partial charge in [0.1, 0.15) is 6.61 Å². The molecule has 0 spiro atoms. The SMILES string of the molecule is COCCOC(=O)c1ccsc1. The summed E-state index contributed by atoms with van der Waals surface area (Å²) >= 11 is 1.48. The molecule has 12 heavy (non-hydrogen) atoms. The fraction of sp³-hybridized carbons (Fsp3) is 0.375. The van der Waals surface area contributed by atoms with Gasteiger partial charge in [0, 0.05) is 12.5 Å². The summed E-state index contributed by atoms with van der Waals surface area (Å²) in [6.07, 6.45) is 0. The number of hydrogen-bond acceptors (Lipinski definition) is 4. The summed E-state index contributed by atoms with van der Waals surface area (Å²) in [7, 11) is 1.57. The van der Waals surface area contributed by atoms with E-state index in [1.165, 1.54) is 11.3 Å². The lowest BCUT2D eigenvalue weighted by molar-refractivity contribution is 0.0388. The summed E-state index contributed by atoms with van der Waals surface area (Å²) in [5.74, 6) is -0.284. The van der Waals surface area contributed by atoms with Gasteiger partial charge in [-0.25, -0.2) is 4.79 Å². The quantitative estimate of drug-likeness (QED) is 0.528. The maximum Gasteiger partial charge on any atom is 0.339 e. The normalized spacial score (nSPS) is 9.75. The summed E-state index contributed by atoms with van der Waals surface area (Å²) in [5, 5.41) is 3.60. The molecule has 1 aromatic rings. The number of rotatable bonds is 4. The third kappa shape index (κ3) is 2.64. The van der Waals surface area contributed by atoms with Crippen molar-refractivity contribution in [3.8, 4) is 0 Å². The first kappa shape index (κ1) is 9.22. The van der Waals surface area contributed by atoms with E-state index in [4.69, 9.17) is 9.47 Å². The van der Waals surface area contributed by atoms with E-state index in [9.17, 15) is 4.79 Å². The molecule has 1 aromatic heterocycles. The van der Waals surface area contributed by atoms with Gasteiger partial charge in [0.2, 0.25) is 0 Å². The van der Waals surface area contributed by atoms with Crippen molar-refractivity contribution in [2.24, 2.45) is 0 Å². The average Bonchev–Trinajstić information content (AvgIpc) is 2.56. The summed E-state index contributed by atoms with van der Waals surface area (Å²) < 4.78 is 9.60. The molecule has 0 aromatic carbocycles. The first-order chi connectivity index (χ1) is 5.84. The number of carbonyl (C=O) groups is 1. The van der Waals surface area contributed by atoms with Crippen molar-refractivity contribution in [1.29, 1.82) is 0 Å². The van der Waals surface area contributed by atoms with Crippen LogP contribution in [0.25, 0.3) is 0 Å². The molecule has 0 atom stereocenters. The molecular weight excluding hydrogens is 176 g/mol. The summed E-state index contributed by atoms with van der Waals surface area (Å²) in [4.78, 5) is 11.1. The molecule has 1 rings (SSSR count). The van der Waals surface area contributed by atoms with Crippen LogP contribution >= 0.6 is 11.3 Å². The molecule has 0 unspecified atom stereocenters. The smallest absolute Gasteiger partial charge is 0.339 e. The van der Waals surface area contributed by atoms with Crippen LogP contribution in [0.5, 0.6) is 0 Å². The molecule has 0 aliphatic heterocycles. The van der Waals surface area contributed by atoms with Crippen LogP contribution in [0.2, 0.25) is 0 Å². The second kappa shape index (κ2) is 4.90. The lowest BCUT2D eigenvalue weighted by Crippen LogP contribution is -2.08. The highest BCUT2D eigenvalue weighted by Gasteiger charge is 2.05. The van der Waals surface area contributed by atoms with Gasteiger partial charge in [-0.05, 0) is 11.4 Å². The second-order valence-corrected chi connectivity index (χ2v) is 2.92. The summed E-state index contributed by atoms with van der Waals surface area (Å²) in [5.41, 5.74) is 0.608. The van der Waals surface area contributed by atoms with Crippen LogP contribution in [-0.2, 0) is 9.47 Å². The lowest BCUT2D eigenvalue weighted by atomic mass is 10.3. The second-order valence-electron chi connectivity index (χ2n) is 2.14. The van der Waals surface area contributed by atoms with Gasteiger partial charge in [-0.3, -0.25) is 0 Å². The van der Waals surface area contributed by atoms with Gasteiger partial charge < -0.3 is 9.47 Å². The van der Waals surface area contributed by atoms with E-state index in [1.807, 2.05) is 5.38 Å². The number of ether oxygens (including phenoxy) is 2. The molecule has 0 saturated heterocycles. The van der Waals surface area contributed by atoms with E-state index in [0.29, 0.717) is 18.8 Å². The Kier molecular flexibility index (Phi) is 3.76. The van der Waals surface area contributed by atoms with E-state index in [-0.39, 0.29) is 5.97 Å². The van der Waals surface area contributed by atoms with Gasteiger partial charge in [-0.15, -0.1) is 0 Å². The fourth-order valence-corrected chi connectivity index (χ4v) is 1.31. The van der Waals surface area contributed by atoms with Crippen LogP contribution in [0.1, 0.15) is 10.4 Å². The molecule has 0 amide bonds. The van der Waals surface area contributed by atoms with Crippen LogP contribution in [0.3, 0.4) is 0 Å². The van der Waals surface area contributed by atoms with Crippen LogP contribution < -0.4 is 0 Å². The van der Waals surface area contributed by atoms with Crippen molar-refractivity contribution in [1.82, 2.24) is 0 Å². The highest BCUT2D eigenvalue weighted by molar-refractivity contribution is 7.08. The van der Waals surface area contributed by atoms with Crippen molar-refractivity contribution in [2.75, 3.05) is 20.3 Å². The Morgan fingerprint density at radius 1 is 1.58 bits per heavy atom. The minimum atomic E-state index is -0.284. The van der Waals surface area contributed by atoms with Gasteiger partial charge in [0.25, 0.3) is 0 Å². The Labute approximate surface area is 74.9 Å². The Bertz CT molecular complexity index is 230. The zero-order valence-corrected chi connectivity index (χ0v) is 7.60. The minimum absolute atomic E-state index is 0.284. The van der Waals surface area contributed by atoms with Gasteiger partial charge >= 0.3 is 5.97 Å². The molecule has 0 aliphatic rings. The maximum absolute atomic E-state index is 11.1. The molecule has 0 bridgehead atoms. The molecule has 3 nitrogen and oxygen atoms in total. The molecule has 0 aliphatic carbocycles. The third-order valence-electron chi connectivity index (χ3n) is 1.28. The molecule has 1 heterocycles. The summed E-state index contributed by atoms with van der Waals surface area (Å²) in [6, 6.07) is 1.74. The maximum atomic E-state index is 11.1. The van der Waals surface area contributed by atoms with E-state index < -0.39 is 0 Å². The third-order valence-corrected chi connectivity index (χ3v) is 1.96. The highest BCUT2D eigenvalue weighted by atomic mass is 32.1. The number of esters is 1. The van der Waals surface area contributed by atoms with Crippen molar-refractivity contribution in [2.45, 2.75) is 0 Å². The zero-order valence-electron chi connectivity index (χ0n) is 6.78. The van der Waals surface area contributed by atoms with Crippen LogP contribution in [0.4, 0.5) is 0 Å². The van der Waals surface area contributed by atoms with Gasteiger partial charge in [0.15, 0.2) is 0 Å². The average molecular weight is 186 g/mol. The number of hydrogen-bond donors (Lipinski definition) is 0. The van der Waals surface area contributed by atoms with E-state index in [0.717, 1.165) is 0 Å². The topological polar surface area (TPSA) is 35.5 Å². The van der Waals surface area contributed by atoms with Crippen LogP contribution in [-0.4, -0.2) is 26.3 Å². The molecule has 0 N–H and O–H groups in total. The van der Waals surface area contributed by atoms with E-state index in [2.05, 4.69) is 0 Å². The Morgan fingerprint density at radius 3 is 3.00 bits per heavy atom. The largest absolute Gasteiger partial charge is 0.460 e. The van der Waals surface area contributed by atoms with Crippen molar-refractivity contribution in [3.05, 3.63) is 22.4 Å². The molecular formula is C8H10O3S. The lowest BCUT2D eigenvalue weighted by Gasteiger charge is -2.00. The van der Waals surface area contributed by atoms with E-state index in [1.54, 1.807) is 18.6 Å². The minimum Gasteiger partial charge on any atom is -0.460 e. The van der Waals surface area contributed by atoms with E-state index >= 15 is 0 Å². The molecule has 0 saturated carbocycles. The van der Waals surface area contributed by atoms with Gasteiger partial charge in [-0.1, -0.05) is 0 Å². The van der Waals surface area contributed by atoms with Crippen LogP contribution in [0.15, 0.2) is 16.8 Å². The molecule has 66 valence electrons. The van der Waals surface area contributed by atoms with Gasteiger partial charge in [-0.2, -0.15) is 11.3 Å². The number of carbonyl (C=O) groups excluding carboxylic acids is 1. The Hall–Kier alpha value is -0.870. The first-order valence-corrected chi connectivity index (χ1v) is 4.47. The Morgan fingerprint density at radius 2 is 2.42 bits per heavy atom. The first-order valence-electron chi connectivity index (χ1n) is 3.53. The zero-order chi connectivity index (χ0) is 8.81. The molecule has 0 fully saturated rings. The standard InChI is InChI=1S/C8H10O3S/c1-10-3-4-11-8(9)7-2-5-12-6-7/h2,5-6H,3-4H2,1H3. The van der Waals surface area contributed by atoms with Crippen molar-refractivity contribution < 1.29 is 14.3 Å².